The molecular formula is C18H19N3. The minimum Gasteiger partial charge on any atom is -0.305 e. The SMILES string of the molecule is Cc1ccc2cc(CN[C@@H](C)c3ccccn3)ccc2n1. The van der Waals surface area contributed by atoms with Gasteiger partial charge < -0.3 is 5.32 Å². The number of aromatic nitrogens is 2. The number of aryl methyl sites for hydroxylation is 1. The highest BCUT2D eigenvalue weighted by Crippen LogP contribution is 2.16. The Morgan fingerprint density at radius 1 is 1.10 bits per heavy atom. The number of nitrogens with zero attached hydrogens (tertiary/aromatic N) is 2. The minimum absolute atomic E-state index is 0.234. The monoisotopic (exact) mass is 277 g/mol. The van der Waals surface area contributed by atoms with Gasteiger partial charge in [0, 0.05) is 29.9 Å². The average molecular weight is 277 g/mol. The third-order valence-electron chi connectivity index (χ3n) is 3.64. The number of rotatable bonds is 4. The zero-order valence-corrected chi connectivity index (χ0v) is 12.4. The molecule has 3 nitrogen and oxygen atoms in total. The van der Waals surface area contributed by atoms with Crippen molar-refractivity contribution in [1.82, 2.24) is 15.3 Å². The molecule has 0 aliphatic heterocycles. The van der Waals surface area contributed by atoms with Gasteiger partial charge in [0.2, 0.25) is 0 Å². The summed E-state index contributed by atoms with van der Waals surface area (Å²) in [5.74, 6) is 0. The van der Waals surface area contributed by atoms with E-state index in [1.54, 1.807) is 0 Å². The molecule has 3 rings (SSSR count). The number of benzene rings is 1. The molecule has 0 fully saturated rings. The molecule has 1 N–H and O–H groups in total. The standard InChI is InChI=1S/C18H19N3/c1-13-6-8-16-11-15(7-9-18(16)21-13)12-20-14(2)17-5-3-4-10-19-17/h3-11,14,20H,12H2,1-2H3/t14-/m0/s1. The van der Waals surface area contributed by atoms with Gasteiger partial charge in [0.05, 0.1) is 11.2 Å². The van der Waals surface area contributed by atoms with Crippen molar-refractivity contribution in [2.24, 2.45) is 0 Å². The third-order valence-corrected chi connectivity index (χ3v) is 3.64. The second kappa shape index (κ2) is 6.02. The van der Waals surface area contributed by atoms with Crippen LogP contribution in [0.2, 0.25) is 0 Å². The van der Waals surface area contributed by atoms with Crippen molar-refractivity contribution in [3.8, 4) is 0 Å². The van der Waals surface area contributed by atoms with E-state index in [1.807, 2.05) is 31.3 Å². The zero-order valence-electron chi connectivity index (χ0n) is 12.4. The van der Waals surface area contributed by atoms with Crippen molar-refractivity contribution in [3.05, 3.63) is 71.7 Å². The van der Waals surface area contributed by atoms with Crippen molar-refractivity contribution in [3.63, 3.8) is 0 Å². The van der Waals surface area contributed by atoms with Gasteiger partial charge in [-0.05, 0) is 49.7 Å². The van der Waals surface area contributed by atoms with Crippen molar-refractivity contribution in [2.75, 3.05) is 0 Å². The Balaban J connectivity index is 1.72. The summed E-state index contributed by atoms with van der Waals surface area (Å²) in [6.45, 7) is 4.97. The van der Waals surface area contributed by atoms with Crippen molar-refractivity contribution >= 4 is 10.9 Å². The van der Waals surface area contributed by atoms with Crippen LogP contribution in [0.25, 0.3) is 10.9 Å². The van der Waals surface area contributed by atoms with Gasteiger partial charge >= 0.3 is 0 Å². The Hall–Kier alpha value is -2.26. The molecule has 0 spiro atoms. The molecule has 0 radical (unpaired) electrons. The van der Waals surface area contributed by atoms with E-state index in [-0.39, 0.29) is 6.04 Å². The van der Waals surface area contributed by atoms with Crippen LogP contribution in [0.3, 0.4) is 0 Å². The number of hydrogen-bond donors (Lipinski definition) is 1. The fourth-order valence-electron chi connectivity index (χ4n) is 2.39. The van der Waals surface area contributed by atoms with Gasteiger partial charge in [-0.15, -0.1) is 0 Å². The minimum atomic E-state index is 0.234. The lowest BCUT2D eigenvalue weighted by atomic mass is 10.1. The molecule has 3 aromatic rings. The Morgan fingerprint density at radius 3 is 2.81 bits per heavy atom. The third kappa shape index (κ3) is 3.26. The van der Waals surface area contributed by atoms with Crippen molar-refractivity contribution < 1.29 is 0 Å². The second-order valence-corrected chi connectivity index (χ2v) is 5.34. The van der Waals surface area contributed by atoms with E-state index < -0.39 is 0 Å². The topological polar surface area (TPSA) is 37.8 Å². The van der Waals surface area contributed by atoms with Crippen molar-refractivity contribution in [1.29, 1.82) is 0 Å². The quantitative estimate of drug-likeness (QED) is 0.788. The molecule has 0 amide bonds. The maximum Gasteiger partial charge on any atom is 0.0705 e. The first kappa shape index (κ1) is 13.7. The predicted octanol–water partition coefficient (Wildman–Crippen LogP) is 3.79. The maximum atomic E-state index is 4.53. The van der Waals surface area contributed by atoms with Crippen LogP contribution in [0.5, 0.6) is 0 Å². The van der Waals surface area contributed by atoms with Crippen LogP contribution in [0.4, 0.5) is 0 Å². The van der Waals surface area contributed by atoms with E-state index in [2.05, 4.69) is 52.5 Å². The Kier molecular flexibility index (Phi) is 3.93. The van der Waals surface area contributed by atoms with Crippen LogP contribution in [0.1, 0.15) is 29.9 Å². The molecule has 106 valence electrons. The molecule has 1 aromatic carbocycles. The van der Waals surface area contributed by atoms with Gasteiger partial charge in [0.1, 0.15) is 0 Å². The van der Waals surface area contributed by atoms with E-state index in [4.69, 9.17) is 0 Å². The number of hydrogen-bond acceptors (Lipinski definition) is 3. The van der Waals surface area contributed by atoms with Crippen molar-refractivity contribution in [2.45, 2.75) is 26.4 Å². The molecule has 0 bridgehead atoms. The average Bonchev–Trinajstić information content (AvgIpc) is 2.53. The Morgan fingerprint density at radius 2 is 2.00 bits per heavy atom. The molecule has 21 heavy (non-hydrogen) atoms. The van der Waals surface area contributed by atoms with Gasteiger partial charge in [0.15, 0.2) is 0 Å². The van der Waals surface area contributed by atoms with Gasteiger partial charge in [-0.1, -0.05) is 18.2 Å². The molecular weight excluding hydrogens is 258 g/mol. The first-order valence-corrected chi connectivity index (χ1v) is 7.23. The molecule has 0 unspecified atom stereocenters. The van der Waals surface area contributed by atoms with E-state index in [0.29, 0.717) is 0 Å². The number of nitrogens with one attached hydrogen (secondary N) is 1. The highest BCUT2D eigenvalue weighted by atomic mass is 14.9. The smallest absolute Gasteiger partial charge is 0.0705 e. The number of fused-ring (bicyclic) bond motifs is 1. The summed E-state index contributed by atoms with van der Waals surface area (Å²) < 4.78 is 0. The molecule has 0 aliphatic carbocycles. The maximum absolute atomic E-state index is 4.53. The van der Waals surface area contributed by atoms with Crippen LogP contribution in [-0.2, 0) is 6.54 Å². The lowest BCUT2D eigenvalue weighted by Gasteiger charge is -2.13. The highest BCUT2D eigenvalue weighted by Gasteiger charge is 2.05. The summed E-state index contributed by atoms with van der Waals surface area (Å²) in [6.07, 6.45) is 1.83. The van der Waals surface area contributed by atoms with E-state index in [1.165, 1.54) is 10.9 Å². The summed E-state index contributed by atoms with van der Waals surface area (Å²) in [4.78, 5) is 8.91. The molecule has 2 aromatic heterocycles. The summed E-state index contributed by atoms with van der Waals surface area (Å²) in [5.41, 5.74) is 4.43. The normalized spacial score (nSPS) is 12.5. The van der Waals surface area contributed by atoms with E-state index >= 15 is 0 Å². The lowest BCUT2D eigenvalue weighted by Crippen LogP contribution is -2.18. The largest absolute Gasteiger partial charge is 0.305 e. The Bertz CT molecular complexity index is 738. The van der Waals surface area contributed by atoms with Crippen LogP contribution >= 0.6 is 0 Å². The lowest BCUT2D eigenvalue weighted by molar-refractivity contribution is 0.562. The molecule has 1 atom stereocenters. The van der Waals surface area contributed by atoms with Crippen LogP contribution in [0, 0.1) is 6.92 Å². The van der Waals surface area contributed by atoms with Gasteiger partial charge in [-0.3, -0.25) is 9.97 Å². The molecule has 0 saturated carbocycles. The zero-order chi connectivity index (χ0) is 14.7. The fourth-order valence-corrected chi connectivity index (χ4v) is 2.39. The number of pyridine rings is 2. The summed E-state index contributed by atoms with van der Waals surface area (Å²) in [7, 11) is 0. The highest BCUT2D eigenvalue weighted by molar-refractivity contribution is 5.79. The second-order valence-electron chi connectivity index (χ2n) is 5.34. The van der Waals surface area contributed by atoms with Gasteiger partial charge in [-0.2, -0.15) is 0 Å². The molecule has 2 heterocycles. The molecule has 3 heteroatoms. The predicted molar refractivity (Wildman–Crippen MR) is 86.0 cm³/mol. The molecule has 0 saturated heterocycles. The summed E-state index contributed by atoms with van der Waals surface area (Å²) >= 11 is 0. The molecule has 0 aliphatic rings. The fraction of sp³-hybridized carbons (Fsp3) is 0.222. The first-order valence-electron chi connectivity index (χ1n) is 7.23. The summed E-state index contributed by atoms with van der Waals surface area (Å²) in [6, 6.07) is 16.8. The van der Waals surface area contributed by atoms with Crippen LogP contribution in [-0.4, -0.2) is 9.97 Å². The van der Waals surface area contributed by atoms with Gasteiger partial charge in [-0.25, -0.2) is 0 Å². The van der Waals surface area contributed by atoms with E-state index in [9.17, 15) is 0 Å². The summed E-state index contributed by atoms with van der Waals surface area (Å²) in [5, 5.41) is 4.69. The Labute approximate surface area is 125 Å². The van der Waals surface area contributed by atoms with Gasteiger partial charge in [0.25, 0.3) is 0 Å². The van der Waals surface area contributed by atoms with Crippen LogP contribution in [0.15, 0.2) is 54.7 Å². The van der Waals surface area contributed by atoms with E-state index in [0.717, 1.165) is 23.4 Å². The van der Waals surface area contributed by atoms with Crippen LogP contribution < -0.4 is 5.32 Å². The first-order chi connectivity index (χ1) is 10.2.